The Balaban J connectivity index is 3.52. The van der Waals surface area contributed by atoms with Crippen LogP contribution in [-0.2, 0) is 0 Å². The van der Waals surface area contributed by atoms with Crippen molar-refractivity contribution in [2.24, 2.45) is 0 Å². The molecule has 0 aliphatic heterocycles. The highest BCUT2D eigenvalue weighted by Gasteiger charge is 2.05. The Morgan fingerprint density at radius 2 is 1.88 bits per heavy atom. The molecule has 48 valence electrons. The first-order valence-corrected chi connectivity index (χ1v) is 6.42. The molecule has 0 unspecified atom stereocenters. The van der Waals surface area contributed by atoms with Crippen LogP contribution < -0.4 is 0 Å². The number of rotatable bonds is 2. The molecule has 1 N–H and O–H groups in total. The Labute approximate surface area is 52.0 Å². The lowest BCUT2D eigenvalue weighted by Gasteiger charge is -2.06. The van der Waals surface area contributed by atoms with Crippen molar-refractivity contribution in [1.82, 2.24) is 0 Å². The SMILES string of the molecule is C[Si](C)(C)C=CCO. The van der Waals surface area contributed by atoms with Crippen LogP contribution in [0, 0.1) is 0 Å². The highest BCUT2D eigenvalue weighted by molar-refractivity contribution is 6.80. The molecule has 0 spiro atoms. The molecule has 0 aromatic carbocycles. The Hall–Kier alpha value is -0.0831. The molecule has 0 rings (SSSR count). The van der Waals surface area contributed by atoms with Crippen molar-refractivity contribution < 1.29 is 5.11 Å². The van der Waals surface area contributed by atoms with Gasteiger partial charge in [0.05, 0.1) is 14.7 Å². The number of hydrogen-bond donors (Lipinski definition) is 1. The van der Waals surface area contributed by atoms with Gasteiger partial charge in [0, 0.05) is 0 Å². The fourth-order valence-electron chi connectivity index (χ4n) is 0.406. The van der Waals surface area contributed by atoms with E-state index in [-0.39, 0.29) is 6.61 Å². The molecule has 0 atom stereocenters. The lowest BCUT2D eigenvalue weighted by atomic mass is 10.7. The van der Waals surface area contributed by atoms with Gasteiger partial charge >= 0.3 is 0 Å². The van der Waals surface area contributed by atoms with Gasteiger partial charge in [0.1, 0.15) is 0 Å². The van der Waals surface area contributed by atoms with Crippen molar-refractivity contribution in [3.63, 3.8) is 0 Å². The van der Waals surface area contributed by atoms with Crippen molar-refractivity contribution >= 4 is 8.07 Å². The second kappa shape index (κ2) is 3.05. The second-order valence-electron chi connectivity index (χ2n) is 2.95. The Kier molecular flexibility index (Phi) is 3.01. The zero-order valence-corrected chi connectivity index (χ0v) is 6.81. The third kappa shape index (κ3) is 5.92. The van der Waals surface area contributed by atoms with Gasteiger partial charge in [-0.05, 0) is 0 Å². The van der Waals surface area contributed by atoms with E-state index in [0.717, 1.165) is 0 Å². The van der Waals surface area contributed by atoms with Crippen molar-refractivity contribution in [2.45, 2.75) is 19.6 Å². The Morgan fingerprint density at radius 1 is 1.38 bits per heavy atom. The first-order valence-electron chi connectivity index (χ1n) is 2.85. The lowest BCUT2D eigenvalue weighted by molar-refractivity contribution is 0.343. The van der Waals surface area contributed by atoms with E-state index in [1.807, 2.05) is 6.08 Å². The molecule has 1 nitrogen and oxygen atoms in total. The normalized spacial score (nSPS) is 13.0. The van der Waals surface area contributed by atoms with E-state index >= 15 is 0 Å². The van der Waals surface area contributed by atoms with Crippen molar-refractivity contribution in [1.29, 1.82) is 0 Å². The number of aliphatic hydroxyl groups is 1. The maximum absolute atomic E-state index is 8.36. The fourth-order valence-corrected chi connectivity index (χ4v) is 1.22. The monoisotopic (exact) mass is 130 g/mol. The van der Waals surface area contributed by atoms with Gasteiger partial charge in [-0.2, -0.15) is 0 Å². The molecule has 0 aliphatic carbocycles. The summed E-state index contributed by atoms with van der Waals surface area (Å²) in [5.74, 6) is 0. The molecule has 0 amide bonds. The molecule has 8 heavy (non-hydrogen) atoms. The highest BCUT2D eigenvalue weighted by atomic mass is 28.3. The summed E-state index contributed by atoms with van der Waals surface area (Å²) < 4.78 is 0. The minimum absolute atomic E-state index is 0.185. The van der Waals surface area contributed by atoms with Crippen LogP contribution in [0.1, 0.15) is 0 Å². The molecule has 0 heterocycles. The van der Waals surface area contributed by atoms with Crippen LogP contribution in [0.15, 0.2) is 11.8 Å². The average Bonchev–Trinajstić information content (AvgIpc) is 1.59. The molecule has 0 bridgehead atoms. The van der Waals surface area contributed by atoms with Crippen LogP contribution >= 0.6 is 0 Å². The predicted molar refractivity (Wildman–Crippen MR) is 39.6 cm³/mol. The summed E-state index contributed by atoms with van der Waals surface area (Å²) in [6.45, 7) is 6.89. The molecule has 0 radical (unpaired) electrons. The molecule has 0 saturated heterocycles. The Bertz CT molecular complexity index is 81.0. The number of aliphatic hydroxyl groups excluding tert-OH is 1. The minimum Gasteiger partial charge on any atom is -0.392 e. The van der Waals surface area contributed by atoms with Crippen LogP contribution in [0.4, 0.5) is 0 Å². The van der Waals surface area contributed by atoms with E-state index in [9.17, 15) is 0 Å². The van der Waals surface area contributed by atoms with E-state index in [2.05, 4.69) is 25.3 Å². The summed E-state index contributed by atoms with van der Waals surface area (Å²) in [5.41, 5.74) is 2.13. The topological polar surface area (TPSA) is 20.2 Å². The van der Waals surface area contributed by atoms with E-state index in [1.165, 1.54) is 0 Å². The summed E-state index contributed by atoms with van der Waals surface area (Å²) in [6.07, 6.45) is 1.83. The lowest BCUT2D eigenvalue weighted by Crippen LogP contribution is -2.15. The van der Waals surface area contributed by atoms with Gasteiger partial charge in [-0.1, -0.05) is 31.4 Å². The van der Waals surface area contributed by atoms with Gasteiger partial charge in [-0.25, -0.2) is 0 Å². The fraction of sp³-hybridized carbons (Fsp3) is 0.667. The van der Waals surface area contributed by atoms with Gasteiger partial charge in [0.2, 0.25) is 0 Å². The van der Waals surface area contributed by atoms with E-state index in [0.29, 0.717) is 0 Å². The van der Waals surface area contributed by atoms with Crippen LogP contribution in [0.3, 0.4) is 0 Å². The molecule has 2 heteroatoms. The van der Waals surface area contributed by atoms with Crippen LogP contribution in [0.2, 0.25) is 19.6 Å². The van der Waals surface area contributed by atoms with Gasteiger partial charge in [-0.15, -0.1) is 0 Å². The van der Waals surface area contributed by atoms with Gasteiger partial charge < -0.3 is 5.11 Å². The largest absolute Gasteiger partial charge is 0.392 e. The molecular weight excluding hydrogens is 116 g/mol. The minimum atomic E-state index is -1.02. The van der Waals surface area contributed by atoms with Crippen molar-refractivity contribution in [3.8, 4) is 0 Å². The first kappa shape index (κ1) is 7.92. The van der Waals surface area contributed by atoms with Crippen LogP contribution in [-0.4, -0.2) is 19.8 Å². The van der Waals surface area contributed by atoms with Crippen LogP contribution in [0.25, 0.3) is 0 Å². The van der Waals surface area contributed by atoms with Gasteiger partial charge in [-0.3, -0.25) is 0 Å². The van der Waals surface area contributed by atoms with E-state index < -0.39 is 8.07 Å². The third-order valence-corrected chi connectivity index (χ3v) is 1.96. The first-order chi connectivity index (χ1) is 3.56. The predicted octanol–water partition coefficient (Wildman–Crippen LogP) is 1.41. The molecule has 0 aromatic rings. The molecule has 0 fully saturated rings. The molecule has 0 aliphatic rings. The van der Waals surface area contributed by atoms with Crippen molar-refractivity contribution in [2.75, 3.05) is 6.61 Å². The maximum atomic E-state index is 8.36. The van der Waals surface area contributed by atoms with Crippen molar-refractivity contribution in [3.05, 3.63) is 11.8 Å². The van der Waals surface area contributed by atoms with E-state index in [1.54, 1.807) is 0 Å². The standard InChI is InChI=1S/C6H14OSi/c1-8(2,3)6-4-5-7/h4,6-7H,5H2,1-3H3. The van der Waals surface area contributed by atoms with Gasteiger partial charge in [0.25, 0.3) is 0 Å². The zero-order valence-electron chi connectivity index (χ0n) is 5.81. The quantitative estimate of drug-likeness (QED) is 0.560. The Morgan fingerprint density at radius 3 is 2.00 bits per heavy atom. The molecule has 0 saturated carbocycles. The summed E-state index contributed by atoms with van der Waals surface area (Å²) in [5, 5.41) is 8.36. The smallest absolute Gasteiger partial charge is 0.0683 e. The summed E-state index contributed by atoms with van der Waals surface area (Å²) in [6, 6.07) is 0. The van der Waals surface area contributed by atoms with Crippen LogP contribution in [0.5, 0.6) is 0 Å². The third-order valence-electron chi connectivity index (χ3n) is 0.723. The van der Waals surface area contributed by atoms with Gasteiger partial charge in [0.15, 0.2) is 0 Å². The molecule has 0 aromatic heterocycles. The number of hydrogen-bond acceptors (Lipinski definition) is 1. The summed E-state index contributed by atoms with van der Waals surface area (Å²) >= 11 is 0. The summed E-state index contributed by atoms with van der Waals surface area (Å²) in [7, 11) is -1.02. The highest BCUT2D eigenvalue weighted by Crippen LogP contribution is 2.00. The average molecular weight is 130 g/mol. The summed E-state index contributed by atoms with van der Waals surface area (Å²) in [4.78, 5) is 0. The molecular formula is C6H14OSi. The van der Waals surface area contributed by atoms with E-state index in [4.69, 9.17) is 5.11 Å². The maximum Gasteiger partial charge on any atom is 0.0683 e. The zero-order chi connectivity index (χ0) is 6.62. The second-order valence-corrected chi connectivity index (χ2v) is 8.02.